The van der Waals surface area contributed by atoms with E-state index in [0.717, 1.165) is 48.5 Å². The molecule has 6 nitrogen and oxygen atoms in total. The Morgan fingerprint density at radius 3 is 2.72 bits per heavy atom. The molecule has 4 aromatic rings. The van der Waals surface area contributed by atoms with E-state index in [0.29, 0.717) is 18.5 Å². The monoisotopic (exact) mass is 425 g/mol. The molecule has 0 radical (unpaired) electrons. The van der Waals surface area contributed by atoms with E-state index in [9.17, 15) is 0 Å². The van der Waals surface area contributed by atoms with Gasteiger partial charge < -0.3 is 10.1 Å². The molecule has 32 heavy (non-hydrogen) atoms. The lowest BCUT2D eigenvalue weighted by atomic mass is 10.1. The van der Waals surface area contributed by atoms with E-state index in [2.05, 4.69) is 52.5 Å². The second-order valence-electron chi connectivity index (χ2n) is 8.24. The van der Waals surface area contributed by atoms with Crippen LogP contribution in [0.3, 0.4) is 0 Å². The molecule has 6 heteroatoms. The first kappa shape index (κ1) is 20.5. The van der Waals surface area contributed by atoms with Gasteiger partial charge >= 0.3 is 0 Å². The first-order valence-corrected chi connectivity index (χ1v) is 11.1. The fraction of sp³-hybridized carbons (Fsp3) is 0.269. The molecule has 162 valence electrons. The van der Waals surface area contributed by atoms with Crippen LogP contribution in [-0.2, 0) is 17.8 Å². The maximum Gasteiger partial charge on any atom is 0.162 e. The predicted molar refractivity (Wildman–Crippen MR) is 127 cm³/mol. The van der Waals surface area contributed by atoms with Crippen molar-refractivity contribution in [2.45, 2.75) is 26.1 Å². The van der Waals surface area contributed by atoms with Crippen LogP contribution >= 0.6 is 0 Å². The third-order valence-electron chi connectivity index (χ3n) is 5.72. The number of nitrogens with zero attached hydrogens (tertiary/aromatic N) is 4. The van der Waals surface area contributed by atoms with Gasteiger partial charge in [0.25, 0.3) is 0 Å². The van der Waals surface area contributed by atoms with Gasteiger partial charge in [0.2, 0.25) is 0 Å². The Balaban J connectivity index is 1.36. The molecular formula is C26H27N5O. The number of benzene rings is 2. The fourth-order valence-electron chi connectivity index (χ4n) is 4.16. The molecule has 2 aromatic carbocycles. The molecule has 3 heterocycles. The number of hydrogen-bond donors (Lipinski definition) is 1. The Morgan fingerprint density at radius 1 is 1.00 bits per heavy atom. The average molecular weight is 426 g/mol. The summed E-state index contributed by atoms with van der Waals surface area (Å²) in [5, 5.41) is 4.57. The molecule has 0 aliphatic carbocycles. The number of pyridine rings is 1. The summed E-state index contributed by atoms with van der Waals surface area (Å²) in [7, 11) is 0. The van der Waals surface area contributed by atoms with Gasteiger partial charge in [-0.15, -0.1) is 0 Å². The van der Waals surface area contributed by atoms with Crippen LogP contribution in [0.2, 0.25) is 0 Å². The van der Waals surface area contributed by atoms with E-state index in [4.69, 9.17) is 14.7 Å². The lowest BCUT2D eigenvalue weighted by Gasteiger charge is -2.31. The van der Waals surface area contributed by atoms with Crippen LogP contribution in [0.15, 0.2) is 73.1 Å². The number of para-hydroxylation sites is 1. The highest BCUT2D eigenvalue weighted by atomic mass is 16.5. The number of aromatic nitrogens is 3. The number of hydrogen-bond acceptors (Lipinski definition) is 6. The molecule has 2 aromatic heterocycles. The molecule has 1 saturated heterocycles. The van der Waals surface area contributed by atoms with Crippen molar-refractivity contribution >= 4 is 16.7 Å². The zero-order valence-corrected chi connectivity index (χ0v) is 18.2. The van der Waals surface area contributed by atoms with Gasteiger partial charge in [0.15, 0.2) is 5.82 Å². The summed E-state index contributed by atoms with van der Waals surface area (Å²) in [6, 6.07) is 20.8. The number of ether oxygens (including phenoxy) is 1. The summed E-state index contributed by atoms with van der Waals surface area (Å²) in [6.45, 7) is 6.56. The van der Waals surface area contributed by atoms with Crippen LogP contribution < -0.4 is 5.32 Å². The van der Waals surface area contributed by atoms with Crippen molar-refractivity contribution in [1.82, 2.24) is 19.9 Å². The summed E-state index contributed by atoms with van der Waals surface area (Å²) in [4.78, 5) is 16.2. The molecule has 1 N–H and O–H groups in total. The molecule has 1 atom stereocenters. The maximum absolute atomic E-state index is 5.67. The van der Waals surface area contributed by atoms with Crippen molar-refractivity contribution in [3.8, 4) is 11.4 Å². The van der Waals surface area contributed by atoms with Gasteiger partial charge in [0, 0.05) is 49.5 Å². The summed E-state index contributed by atoms with van der Waals surface area (Å²) in [5.74, 6) is 1.54. The smallest absolute Gasteiger partial charge is 0.162 e. The summed E-state index contributed by atoms with van der Waals surface area (Å²) in [6.07, 6.45) is 3.83. The number of rotatable bonds is 6. The molecular weight excluding hydrogens is 398 g/mol. The number of anilines is 1. The maximum atomic E-state index is 5.67. The largest absolute Gasteiger partial charge is 0.376 e. The molecule has 5 rings (SSSR count). The lowest BCUT2D eigenvalue weighted by Crippen LogP contribution is -2.40. The second-order valence-corrected chi connectivity index (χ2v) is 8.24. The van der Waals surface area contributed by atoms with Gasteiger partial charge in [-0.25, -0.2) is 9.97 Å². The Labute approximate surface area is 188 Å². The minimum atomic E-state index is 0.300. The van der Waals surface area contributed by atoms with Crippen molar-refractivity contribution in [2.24, 2.45) is 0 Å². The van der Waals surface area contributed by atoms with E-state index in [1.807, 2.05) is 30.3 Å². The molecule has 1 aliphatic heterocycles. The quantitative estimate of drug-likeness (QED) is 0.490. The van der Waals surface area contributed by atoms with Crippen LogP contribution in [-0.4, -0.2) is 45.7 Å². The van der Waals surface area contributed by atoms with E-state index in [-0.39, 0.29) is 0 Å². The van der Waals surface area contributed by atoms with Crippen molar-refractivity contribution < 1.29 is 4.74 Å². The van der Waals surface area contributed by atoms with Crippen LogP contribution in [0.25, 0.3) is 22.3 Å². The normalized spacial score (nSPS) is 16.8. The highest BCUT2D eigenvalue weighted by molar-refractivity contribution is 5.90. The molecule has 1 unspecified atom stereocenters. The zero-order valence-electron chi connectivity index (χ0n) is 18.2. The van der Waals surface area contributed by atoms with Crippen molar-refractivity contribution in [2.75, 3.05) is 25.0 Å². The molecule has 0 amide bonds. The minimum Gasteiger partial charge on any atom is -0.376 e. The third kappa shape index (κ3) is 4.77. The first-order chi connectivity index (χ1) is 15.7. The summed E-state index contributed by atoms with van der Waals surface area (Å²) in [5.41, 5.74) is 4.43. The molecule has 1 fully saturated rings. The van der Waals surface area contributed by atoms with Crippen molar-refractivity contribution in [1.29, 1.82) is 0 Å². The summed E-state index contributed by atoms with van der Waals surface area (Å²) < 4.78 is 5.67. The Bertz CT molecular complexity index is 1200. The predicted octanol–water partition coefficient (Wildman–Crippen LogP) is 4.52. The van der Waals surface area contributed by atoms with Gasteiger partial charge in [-0.3, -0.25) is 9.88 Å². The van der Waals surface area contributed by atoms with Crippen molar-refractivity contribution in [3.05, 3.63) is 84.2 Å². The second kappa shape index (κ2) is 9.42. The SMILES string of the molecule is CC1CN(Cc2cccc(CNc3nc(-c4ccncc4)nc4ccccc34)c2)CCO1. The van der Waals surface area contributed by atoms with Gasteiger partial charge in [-0.1, -0.05) is 36.4 Å². The Hall–Kier alpha value is -3.35. The average Bonchev–Trinajstić information content (AvgIpc) is 2.83. The van der Waals surface area contributed by atoms with Gasteiger partial charge in [-0.05, 0) is 42.3 Å². The molecule has 0 spiro atoms. The van der Waals surface area contributed by atoms with E-state index in [1.54, 1.807) is 12.4 Å². The molecule has 0 saturated carbocycles. The van der Waals surface area contributed by atoms with E-state index >= 15 is 0 Å². The van der Waals surface area contributed by atoms with Crippen LogP contribution in [0.4, 0.5) is 5.82 Å². The van der Waals surface area contributed by atoms with Crippen LogP contribution in [0.1, 0.15) is 18.1 Å². The summed E-state index contributed by atoms with van der Waals surface area (Å²) >= 11 is 0. The topological polar surface area (TPSA) is 63.2 Å². The van der Waals surface area contributed by atoms with E-state index in [1.165, 1.54) is 11.1 Å². The highest BCUT2D eigenvalue weighted by Crippen LogP contribution is 2.25. The van der Waals surface area contributed by atoms with E-state index < -0.39 is 0 Å². The van der Waals surface area contributed by atoms with Gasteiger partial charge in [0.1, 0.15) is 5.82 Å². The Kier molecular flexibility index (Phi) is 6.05. The van der Waals surface area contributed by atoms with Crippen LogP contribution in [0.5, 0.6) is 0 Å². The standard InChI is InChI=1S/C26H27N5O/c1-19-17-31(13-14-32-19)18-21-6-4-5-20(15-21)16-28-26-23-7-2-3-8-24(23)29-25(30-26)22-9-11-27-12-10-22/h2-12,15,19H,13-14,16-18H2,1H3,(H,28,29,30). The number of nitrogens with one attached hydrogen (secondary N) is 1. The molecule has 0 bridgehead atoms. The lowest BCUT2D eigenvalue weighted by molar-refractivity contribution is -0.0212. The van der Waals surface area contributed by atoms with Crippen LogP contribution in [0, 0.1) is 0 Å². The minimum absolute atomic E-state index is 0.300. The highest BCUT2D eigenvalue weighted by Gasteiger charge is 2.16. The zero-order chi connectivity index (χ0) is 21.8. The van der Waals surface area contributed by atoms with Crippen molar-refractivity contribution in [3.63, 3.8) is 0 Å². The third-order valence-corrected chi connectivity index (χ3v) is 5.72. The first-order valence-electron chi connectivity index (χ1n) is 11.1. The molecule has 1 aliphatic rings. The van der Waals surface area contributed by atoms with Gasteiger partial charge in [-0.2, -0.15) is 0 Å². The van der Waals surface area contributed by atoms with Gasteiger partial charge in [0.05, 0.1) is 18.2 Å². The number of fused-ring (bicyclic) bond motifs is 1. The fourth-order valence-corrected chi connectivity index (χ4v) is 4.16. The Morgan fingerprint density at radius 2 is 1.84 bits per heavy atom. The number of morpholine rings is 1.